The molecule has 3 aliphatic heterocycles. The predicted molar refractivity (Wildman–Crippen MR) is 78.3 cm³/mol. The van der Waals surface area contributed by atoms with E-state index in [0.29, 0.717) is 18.6 Å². The van der Waals surface area contributed by atoms with Crippen LogP contribution in [0.1, 0.15) is 45.4 Å². The van der Waals surface area contributed by atoms with Crippen molar-refractivity contribution in [3.63, 3.8) is 0 Å². The Morgan fingerprint density at radius 3 is 2.90 bits per heavy atom. The second-order valence-electron chi connectivity index (χ2n) is 6.87. The summed E-state index contributed by atoms with van der Waals surface area (Å²) in [7, 11) is 0. The van der Waals surface area contributed by atoms with Gasteiger partial charge >= 0.3 is 5.97 Å². The van der Waals surface area contributed by atoms with E-state index in [9.17, 15) is 9.90 Å². The van der Waals surface area contributed by atoms with E-state index in [4.69, 9.17) is 9.47 Å². The molecule has 0 saturated carbocycles. The number of piperidine rings is 1. The quantitative estimate of drug-likeness (QED) is 0.862. The summed E-state index contributed by atoms with van der Waals surface area (Å²) in [5.74, 6) is -0.0951. The third-order valence-electron chi connectivity index (χ3n) is 5.62. The number of likely N-dealkylation sites (tertiary alicyclic amines) is 1. The summed E-state index contributed by atoms with van der Waals surface area (Å²) in [6.45, 7) is 5.25. The Kier molecular flexibility index (Phi) is 4.52. The molecule has 0 radical (unpaired) electrons. The van der Waals surface area contributed by atoms with Gasteiger partial charge in [-0.1, -0.05) is 13.3 Å². The smallest absolute Gasteiger partial charge is 0.320 e. The molecule has 4 unspecified atom stereocenters. The van der Waals surface area contributed by atoms with E-state index in [1.54, 1.807) is 0 Å². The molecule has 3 heterocycles. The molecule has 0 aromatic heterocycles. The van der Waals surface area contributed by atoms with Gasteiger partial charge in [0.2, 0.25) is 0 Å². The van der Waals surface area contributed by atoms with Gasteiger partial charge in [0.15, 0.2) is 0 Å². The summed E-state index contributed by atoms with van der Waals surface area (Å²) in [5.41, 5.74) is -0.145. The fraction of sp³-hybridized carbons (Fsp3) is 0.938. The number of hydrogen-bond acceptors (Lipinski definition) is 4. The zero-order chi connectivity index (χ0) is 14.9. The standard InChI is InChI=1S/C16H27NO4/c1-2-12-3-6-17(14(9-12)15(18)19)13-4-7-21-16(10-13)5-8-20-11-16/h12-14H,2-11H2,1H3,(H,18,19). The van der Waals surface area contributed by atoms with Crippen LogP contribution in [-0.2, 0) is 14.3 Å². The average molecular weight is 297 g/mol. The highest BCUT2D eigenvalue weighted by Crippen LogP contribution is 2.37. The van der Waals surface area contributed by atoms with E-state index in [0.717, 1.165) is 58.3 Å². The molecule has 0 aromatic carbocycles. The molecular formula is C16H27NO4. The lowest BCUT2D eigenvalue weighted by atomic mass is 9.83. The van der Waals surface area contributed by atoms with E-state index in [2.05, 4.69) is 11.8 Å². The summed E-state index contributed by atoms with van der Waals surface area (Å²) in [5, 5.41) is 9.61. The Balaban J connectivity index is 1.70. The van der Waals surface area contributed by atoms with Crippen LogP contribution in [0.25, 0.3) is 0 Å². The minimum atomic E-state index is -0.656. The Labute approximate surface area is 126 Å². The summed E-state index contributed by atoms with van der Waals surface area (Å²) in [4.78, 5) is 13.9. The van der Waals surface area contributed by atoms with Crippen LogP contribution >= 0.6 is 0 Å². The van der Waals surface area contributed by atoms with Crippen LogP contribution in [0.5, 0.6) is 0 Å². The lowest BCUT2D eigenvalue weighted by Gasteiger charge is -2.47. The summed E-state index contributed by atoms with van der Waals surface area (Å²) < 4.78 is 11.5. The molecule has 5 nitrogen and oxygen atoms in total. The zero-order valence-corrected chi connectivity index (χ0v) is 12.9. The summed E-state index contributed by atoms with van der Waals surface area (Å²) in [6.07, 6.45) is 5.83. The van der Waals surface area contributed by atoms with Crippen molar-refractivity contribution < 1.29 is 19.4 Å². The number of ether oxygens (including phenoxy) is 2. The molecule has 0 amide bonds. The van der Waals surface area contributed by atoms with Crippen LogP contribution in [0.15, 0.2) is 0 Å². The van der Waals surface area contributed by atoms with Gasteiger partial charge in [-0.05, 0) is 38.1 Å². The van der Waals surface area contributed by atoms with Crippen molar-refractivity contribution in [2.45, 2.75) is 63.1 Å². The maximum absolute atomic E-state index is 11.7. The van der Waals surface area contributed by atoms with Gasteiger partial charge in [0.05, 0.1) is 12.2 Å². The normalized spacial score (nSPS) is 41.5. The van der Waals surface area contributed by atoms with E-state index in [-0.39, 0.29) is 11.6 Å². The average Bonchev–Trinajstić information content (AvgIpc) is 2.94. The lowest BCUT2D eigenvalue weighted by molar-refractivity contribution is -0.153. The Morgan fingerprint density at radius 1 is 1.38 bits per heavy atom. The third kappa shape index (κ3) is 3.10. The number of rotatable bonds is 3. The second kappa shape index (κ2) is 6.23. The minimum absolute atomic E-state index is 0.145. The predicted octanol–water partition coefficient (Wildman–Crippen LogP) is 1.90. The maximum Gasteiger partial charge on any atom is 0.320 e. The largest absolute Gasteiger partial charge is 0.480 e. The van der Waals surface area contributed by atoms with Gasteiger partial charge in [0.1, 0.15) is 6.04 Å². The van der Waals surface area contributed by atoms with Gasteiger partial charge in [-0.2, -0.15) is 0 Å². The highest BCUT2D eigenvalue weighted by molar-refractivity contribution is 5.73. The molecule has 4 atom stereocenters. The monoisotopic (exact) mass is 297 g/mol. The van der Waals surface area contributed by atoms with Gasteiger partial charge in [-0.15, -0.1) is 0 Å². The number of aliphatic carboxylic acids is 1. The lowest BCUT2D eigenvalue weighted by Crippen LogP contribution is -2.56. The van der Waals surface area contributed by atoms with Crippen molar-refractivity contribution in [2.75, 3.05) is 26.4 Å². The highest BCUT2D eigenvalue weighted by Gasteiger charge is 2.45. The van der Waals surface area contributed by atoms with Crippen LogP contribution in [0.2, 0.25) is 0 Å². The van der Waals surface area contributed by atoms with E-state index < -0.39 is 5.97 Å². The first-order valence-electron chi connectivity index (χ1n) is 8.34. The fourth-order valence-corrected chi connectivity index (χ4v) is 4.26. The van der Waals surface area contributed by atoms with E-state index >= 15 is 0 Å². The zero-order valence-electron chi connectivity index (χ0n) is 12.9. The Bertz CT molecular complexity index is 380. The maximum atomic E-state index is 11.7. The molecule has 0 bridgehead atoms. The first-order chi connectivity index (χ1) is 10.1. The topological polar surface area (TPSA) is 59.0 Å². The van der Waals surface area contributed by atoms with E-state index in [1.165, 1.54) is 0 Å². The summed E-state index contributed by atoms with van der Waals surface area (Å²) in [6, 6.07) is 0.0190. The molecule has 1 N–H and O–H groups in total. The number of nitrogens with zero attached hydrogens (tertiary/aromatic N) is 1. The van der Waals surface area contributed by atoms with Crippen molar-refractivity contribution in [3.05, 3.63) is 0 Å². The van der Waals surface area contributed by atoms with Crippen LogP contribution in [-0.4, -0.2) is 60.0 Å². The third-order valence-corrected chi connectivity index (χ3v) is 5.62. The molecule has 21 heavy (non-hydrogen) atoms. The summed E-state index contributed by atoms with van der Waals surface area (Å²) >= 11 is 0. The van der Waals surface area contributed by atoms with Crippen LogP contribution < -0.4 is 0 Å². The number of carboxylic acid groups (broad SMARTS) is 1. The SMILES string of the molecule is CCC1CCN(C2CCOC3(CCOC3)C2)C(C(=O)O)C1. The molecule has 0 aromatic rings. The van der Waals surface area contributed by atoms with Gasteiger partial charge in [0.25, 0.3) is 0 Å². The first kappa shape index (κ1) is 15.3. The van der Waals surface area contributed by atoms with Gasteiger partial charge in [0, 0.05) is 25.7 Å². The minimum Gasteiger partial charge on any atom is -0.480 e. The molecule has 3 saturated heterocycles. The Morgan fingerprint density at radius 2 is 2.24 bits per heavy atom. The number of hydrogen-bond donors (Lipinski definition) is 1. The van der Waals surface area contributed by atoms with Crippen molar-refractivity contribution in [1.82, 2.24) is 4.90 Å². The molecule has 3 rings (SSSR count). The fourth-order valence-electron chi connectivity index (χ4n) is 4.26. The van der Waals surface area contributed by atoms with Crippen LogP contribution in [0.4, 0.5) is 0 Å². The number of carboxylic acids is 1. The Hall–Kier alpha value is -0.650. The number of carbonyl (C=O) groups is 1. The molecule has 1 spiro atoms. The molecule has 3 fully saturated rings. The van der Waals surface area contributed by atoms with Crippen molar-refractivity contribution in [3.8, 4) is 0 Å². The van der Waals surface area contributed by atoms with Gasteiger partial charge < -0.3 is 14.6 Å². The second-order valence-corrected chi connectivity index (χ2v) is 6.87. The van der Waals surface area contributed by atoms with Gasteiger partial charge in [-0.25, -0.2) is 0 Å². The van der Waals surface area contributed by atoms with Crippen molar-refractivity contribution >= 4 is 5.97 Å². The van der Waals surface area contributed by atoms with Crippen LogP contribution in [0, 0.1) is 5.92 Å². The highest BCUT2D eigenvalue weighted by atomic mass is 16.6. The molecule has 120 valence electrons. The van der Waals surface area contributed by atoms with Crippen LogP contribution in [0.3, 0.4) is 0 Å². The first-order valence-corrected chi connectivity index (χ1v) is 8.34. The van der Waals surface area contributed by atoms with E-state index in [1.807, 2.05) is 0 Å². The van der Waals surface area contributed by atoms with Crippen molar-refractivity contribution in [1.29, 1.82) is 0 Å². The molecule has 3 aliphatic rings. The molecule has 0 aliphatic carbocycles. The molecule has 5 heteroatoms. The van der Waals surface area contributed by atoms with Crippen molar-refractivity contribution in [2.24, 2.45) is 5.92 Å². The van der Waals surface area contributed by atoms with Gasteiger partial charge in [-0.3, -0.25) is 9.69 Å². The molecular weight excluding hydrogens is 270 g/mol.